The molecule has 2 N–H and O–H groups in total. The zero-order chi connectivity index (χ0) is 20.5. The molecule has 152 valence electrons. The second-order valence-electron chi connectivity index (χ2n) is 7.57. The number of nitrogens with one attached hydrogen (secondary N) is 2. The highest BCUT2D eigenvalue weighted by atomic mass is 16.5. The number of rotatable bonds is 10. The molecule has 0 aromatic heterocycles. The van der Waals surface area contributed by atoms with Gasteiger partial charge in [-0.25, -0.2) is 0 Å². The van der Waals surface area contributed by atoms with Gasteiger partial charge in [-0.2, -0.15) is 0 Å². The number of ether oxygens (including phenoxy) is 1. The molecule has 0 saturated heterocycles. The number of benzene rings is 2. The largest absolute Gasteiger partial charge is 0.497 e. The Bertz CT molecular complexity index is 714. The van der Waals surface area contributed by atoms with Crippen LogP contribution in [-0.2, 0) is 4.79 Å². The van der Waals surface area contributed by atoms with Crippen molar-refractivity contribution in [2.45, 2.75) is 25.9 Å². The molecule has 5 heteroatoms. The van der Waals surface area contributed by atoms with Crippen molar-refractivity contribution in [3.8, 4) is 5.75 Å². The van der Waals surface area contributed by atoms with Crippen molar-refractivity contribution in [2.24, 2.45) is 5.92 Å². The Morgan fingerprint density at radius 1 is 1.00 bits per heavy atom. The SMILES string of the molecule is COc1ccc(C(NCC(=O)NCC(c2ccccc2)N(C)C)C(C)C)cc1. The summed E-state index contributed by atoms with van der Waals surface area (Å²) in [5, 5.41) is 6.46. The summed E-state index contributed by atoms with van der Waals surface area (Å²) in [6.45, 7) is 5.16. The monoisotopic (exact) mass is 383 g/mol. The number of amides is 1. The van der Waals surface area contributed by atoms with E-state index in [9.17, 15) is 4.79 Å². The van der Waals surface area contributed by atoms with Crippen LogP contribution in [0.5, 0.6) is 5.75 Å². The highest BCUT2D eigenvalue weighted by Gasteiger charge is 2.18. The predicted molar refractivity (Wildman–Crippen MR) is 114 cm³/mol. The molecule has 0 aliphatic carbocycles. The molecule has 0 aliphatic heterocycles. The van der Waals surface area contributed by atoms with E-state index in [2.05, 4.69) is 41.5 Å². The third kappa shape index (κ3) is 6.36. The van der Waals surface area contributed by atoms with Crippen molar-refractivity contribution < 1.29 is 9.53 Å². The molecule has 0 fully saturated rings. The third-order valence-corrected chi connectivity index (χ3v) is 4.92. The average Bonchev–Trinajstić information content (AvgIpc) is 2.69. The fraction of sp³-hybridized carbons (Fsp3) is 0.435. The maximum atomic E-state index is 12.4. The molecule has 0 saturated carbocycles. The Morgan fingerprint density at radius 2 is 1.64 bits per heavy atom. The van der Waals surface area contributed by atoms with Gasteiger partial charge in [0.25, 0.3) is 0 Å². The molecule has 0 heterocycles. The van der Waals surface area contributed by atoms with Gasteiger partial charge in [0.1, 0.15) is 5.75 Å². The van der Waals surface area contributed by atoms with Crippen LogP contribution in [0.25, 0.3) is 0 Å². The van der Waals surface area contributed by atoms with Crippen molar-refractivity contribution in [3.63, 3.8) is 0 Å². The van der Waals surface area contributed by atoms with Gasteiger partial charge in [-0.1, -0.05) is 56.3 Å². The molecule has 2 rings (SSSR count). The van der Waals surface area contributed by atoms with E-state index in [4.69, 9.17) is 4.74 Å². The maximum Gasteiger partial charge on any atom is 0.234 e. The molecule has 28 heavy (non-hydrogen) atoms. The van der Waals surface area contributed by atoms with E-state index in [1.54, 1.807) is 7.11 Å². The van der Waals surface area contributed by atoms with E-state index in [-0.39, 0.29) is 24.5 Å². The van der Waals surface area contributed by atoms with Crippen LogP contribution < -0.4 is 15.4 Å². The number of nitrogens with zero attached hydrogens (tertiary/aromatic N) is 1. The van der Waals surface area contributed by atoms with Crippen LogP contribution in [-0.4, -0.2) is 45.1 Å². The molecule has 2 aromatic rings. The molecular formula is C23H33N3O2. The van der Waals surface area contributed by atoms with Gasteiger partial charge in [0.2, 0.25) is 5.91 Å². The summed E-state index contributed by atoms with van der Waals surface area (Å²) in [4.78, 5) is 14.6. The first-order valence-corrected chi connectivity index (χ1v) is 9.77. The van der Waals surface area contributed by atoms with E-state index >= 15 is 0 Å². The van der Waals surface area contributed by atoms with E-state index in [1.165, 1.54) is 5.56 Å². The first kappa shape index (κ1) is 21.9. The second kappa shape index (κ2) is 10.8. The lowest BCUT2D eigenvalue weighted by Gasteiger charge is -2.26. The second-order valence-corrected chi connectivity index (χ2v) is 7.57. The minimum Gasteiger partial charge on any atom is -0.497 e. The minimum atomic E-state index is 0.00180. The number of hydrogen-bond donors (Lipinski definition) is 2. The topological polar surface area (TPSA) is 53.6 Å². The van der Waals surface area contributed by atoms with E-state index < -0.39 is 0 Å². The molecule has 5 nitrogen and oxygen atoms in total. The van der Waals surface area contributed by atoms with Crippen molar-refractivity contribution >= 4 is 5.91 Å². The lowest BCUT2D eigenvalue weighted by atomic mass is 9.96. The van der Waals surface area contributed by atoms with Gasteiger partial charge in [-0.15, -0.1) is 0 Å². The summed E-state index contributed by atoms with van der Waals surface area (Å²) in [5.41, 5.74) is 2.35. The van der Waals surface area contributed by atoms with Crippen molar-refractivity contribution in [1.29, 1.82) is 0 Å². The summed E-state index contributed by atoms with van der Waals surface area (Å²) >= 11 is 0. The van der Waals surface area contributed by atoms with Crippen LogP contribution in [0.2, 0.25) is 0 Å². The maximum absolute atomic E-state index is 12.4. The first-order chi connectivity index (χ1) is 13.4. The van der Waals surface area contributed by atoms with E-state index in [1.807, 2.05) is 56.6 Å². The van der Waals surface area contributed by atoms with E-state index in [0.717, 1.165) is 11.3 Å². The number of likely N-dealkylation sites (N-methyl/N-ethyl adjacent to an activating group) is 1. The number of carbonyl (C=O) groups is 1. The first-order valence-electron chi connectivity index (χ1n) is 9.77. The molecule has 1 amide bonds. The number of hydrogen-bond acceptors (Lipinski definition) is 4. The van der Waals surface area contributed by atoms with Gasteiger partial charge >= 0.3 is 0 Å². The smallest absolute Gasteiger partial charge is 0.234 e. The fourth-order valence-corrected chi connectivity index (χ4v) is 3.30. The fourth-order valence-electron chi connectivity index (χ4n) is 3.30. The molecule has 2 aromatic carbocycles. The van der Waals surface area contributed by atoms with Crippen LogP contribution in [0.3, 0.4) is 0 Å². The molecule has 0 bridgehead atoms. The Balaban J connectivity index is 1.91. The molecule has 2 unspecified atom stereocenters. The lowest BCUT2D eigenvalue weighted by molar-refractivity contribution is -0.120. The normalized spacial score (nSPS) is 13.4. The number of methoxy groups -OCH3 is 1. The van der Waals surface area contributed by atoms with Crippen LogP contribution in [0.1, 0.15) is 37.1 Å². The standard InChI is InChI=1S/C23H33N3O2/c1-17(2)23(19-11-13-20(28-5)14-12-19)25-16-22(27)24-15-21(26(3)4)18-9-7-6-8-10-18/h6-14,17,21,23,25H,15-16H2,1-5H3,(H,24,27). The highest BCUT2D eigenvalue weighted by Crippen LogP contribution is 2.23. The minimum absolute atomic E-state index is 0.00180. The summed E-state index contributed by atoms with van der Waals surface area (Å²) < 4.78 is 5.23. The summed E-state index contributed by atoms with van der Waals surface area (Å²) in [6, 6.07) is 18.5. The van der Waals surface area contributed by atoms with Crippen LogP contribution in [0, 0.1) is 5.92 Å². The van der Waals surface area contributed by atoms with Gasteiger partial charge in [0, 0.05) is 12.6 Å². The Hall–Kier alpha value is -2.37. The lowest BCUT2D eigenvalue weighted by Crippen LogP contribution is -2.40. The Morgan fingerprint density at radius 3 is 2.18 bits per heavy atom. The molecule has 2 atom stereocenters. The Labute approximate surface area is 169 Å². The van der Waals surface area contributed by atoms with E-state index in [0.29, 0.717) is 12.5 Å². The zero-order valence-electron chi connectivity index (χ0n) is 17.6. The van der Waals surface area contributed by atoms with Crippen molar-refractivity contribution in [1.82, 2.24) is 15.5 Å². The van der Waals surface area contributed by atoms with Crippen LogP contribution in [0.4, 0.5) is 0 Å². The van der Waals surface area contributed by atoms with Crippen LogP contribution in [0.15, 0.2) is 54.6 Å². The average molecular weight is 384 g/mol. The molecule has 0 aliphatic rings. The third-order valence-electron chi connectivity index (χ3n) is 4.92. The Kier molecular flexibility index (Phi) is 8.48. The van der Waals surface area contributed by atoms with Crippen LogP contribution >= 0.6 is 0 Å². The zero-order valence-corrected chi connectivity index (χ0v) is 17.6. The van der Waals surface area contributed by atoms with Crippen molar-refractivity contribution in [2.75, 3.05) is 34.3 Å². The summed E-state index contributed by atoms with van der Waals surface area (Å²) in [5.74, 6) is 1.20. The summed E-state index contributed by atoms with van der Waals surface area (Å²) in [6.07, 6.45) is 0. The van der Waals surface area contributed by atoms with Gasteiger partial charge in [-0.3, -0.25) is 4.79 Å². The molecular weight excluding hydrogens is 350 g/mol. The predicted octanol–water partition coefficient (Wildman–Crippen LogP) is 3.40. The summed E-state index contributed by atoms with van der Waals surface area (Å²) in [7, 11) is 5.72. The van der Waals surface area contributed by atoms with Gasteiger partial charge < -0.3 is 20.3 Å². The van der Waals surface area contributed by atoms with Gasteiger partial charge in [0.05, 0.1) is 19.7 Å². The quantitative estimate of drug-likeness (QED) is 0.660. The molecule has 0 radical (unpaired) electrons. The molecule has 0 spiro atoms. The highest BCUT2D eigenvalue weighted by molar-refractivity contribution is 5.78. The number of carbonyl (C=O) groups excluding carboxylic acids is 1. The van der Waals surface area contributed by atoms with Crippen molar-refractivity contribution in [3.05, 3.63) is 65.7 Å². The van der Waals surface area contributed by atoms with Gasteiger partial charge in [0.15, 0.2) is 0 Å². The van der Waals surface area contributed by atoms with Gasteiger partial charge in [-0.05, 0) is 43.3 Å².